The molecule has 0 aliphatic heterocycles. The molecule has 0 aliphatic rings. The first-order valence-corrected chi connectivity index (χ1v) is 6.52. The molecule has 0 saturated carbocycles. The van der Waals surface area contributed by atoms with E-state index in [1.165, 1.54) is 12.1 Å². The van der Waals surface area contributed by atoms with E-state index in [4.69, 9.17) is 4.42 Å². The largest absolute Gasteiger partial charge is 0.454 e. The molecule has 0 bridgehead atoms. The molecule has 0 saturated heterocycles. The van der Waals surface area contributed by atoms with Crippen molar-refractivity contribution in [1.82, 2.24) is 9.97 Å². The first kappa shape index (κ1) is 12.6. The molecule has 0 aliphatic carbocycles. The number of aromatic nitrogens is 2. The Hall–Kier alpha value is -2.43. The van der Waals surface area contributed by atoms with E-state index < -0.39 is 0 Å². The van der Waals surface area contributed by atoms with E-state index in [-0.39, 0.29) is 5.82 Å². The number of nitrogens with one attached hydrogen (secondary N) is 1. The second kappa shape index (κ2) is 5.28. The number of rotatable bonds is 4. The summed E-state index contributed by atoms with van der Waals surface area (Å²) >= 11 is 0. The Morgan fingerprint density at radius 1 is 1.25 bits per heavy atom. The first-order valence-electron chi connectivity index (χ1n) is 6.52. The van der Waals surface area contributed by atoms with Gasteiger partial charge in [-0.1, -0.05) is 6.92 Å². The van der Waals surface area contributed by atoms with E-state index >= 15 is 0 Å². The monoisotopic (exact) mass is 271 g/mol. The molecular weight excluding hydrogens is 257 g/mol. The summed E-state index contributed by atoms with van der Waals surface area (Å²) in [4.78, 5) is 8.54. The van der Waals surface area contributed by atoms with Crippen LogP contribution in [0, 0.1) is 5.82 Å². The Bertz CT molecular complexity index is 739. The van der Waals surface area contributed by atoms with Gasteiger partial charge in [-0.05, 0) is 36.8 Å². The molecule has 1 N–H and O–H groups in total. The highest BCUT2D eigenvalue weighted by Crippen LogP contribution is 2.27. The fraction of sp³-hybridized carbons (Fsp3) is 0.200. The van der Waals surface area contributed by atoms with Crippen molar-refractivity contribution in [2.45, 2.75) is 13.3 Å². The lowest BCUT2D eigenvalue weighted by atomic mass is 10.2. The number of anilines is 1. The number of nitrogens with zero attached hydrogens (tertiary/aromatic N) is 2. The number of hydrogen-bond donors (Lipinski definition) is 1. The summed E-state index contributed by atoms with van der Waals surface area (Å²) in [7, 11) is 0. The molecule has 1 aromatic carbocycles. The molecule has 0 spiro atoms. The van der Waals surface area contributed by atoms with Crippen molar-refractivity contribution in [3.63, 3.8) is 0 Å². The summed E-state index contributed by atoms with van der Waals surface area (Å²) in [6.07, 6.45) is 2.67. The lowest BCUT2D eigenvalue weighted by molar-refractivity contribution is 0.617. The fourth-order valence-corrected chi connectivity index (χ4v) is 1.96. The van der Waals surface area contributed by atoms with E-state index in [1.54, 1.807) is 24.4 Å². The van der Waals surface area contributed by atoms with Crippen LogP contribution in [0.25, 0.3) is 22.4 Å². The van der Waals surface area contributed by atoms with Crippen LogP contribution in [0.3, 0.4) is 0 Å². The van der Waals surface area contributed by atoms with Gasteiger partial charge in [0.2, 0.25) is 5.95 Å². The molecule has 0 amide bonds. The van der Waals surface area contributed by atoms with Crippen LogP contribution >= 0.6 is 0 Å². The van der Waals surface area contributed by atoms with Gasteiger partial charge in [-0.2, -0.15) is 0 Å². The minimum Gasteiger partial charge on any atom is -0.454 e. The van der Waals surface area contributed by atoms with Gasteiger partial charge < -0.3 is 9.73 Å². The Balaban J connectivity index is 1.97. The van der Waals surface area contributed by atoms with E-state index in [2.05, 4.69) is 22.2 Å². The van der Waals surface area contributed by atoms with E-state index in [9.17, 15) is 4.39 Å². The van der Waals surface area contributed by atoms with Gasteiger partial charge >= 0.3 is 0 Å². The number of furan rings is 1. The molecule has 3 aromatic rings. The molecule has 4 nitrogen and oxygen atoms in total. The van der Waals surface area contributed by atoms with Crippen molar-refractivity contribution < 1.29 is 8.81 Å². The van der Waals surface area contributed by atoms with Crippen LogP contribution in [-0.2, 0) is 0 Å². The molecular formula is C15H14FN3O. The summed E-state index contributed by atoms with van der Waals surface area (Å²) in [5, 5.41) is 3.85. The zero-order chi connectivity index (χ0) is 13.9. The van der Waals surface area contributed by atoms with Crippen molar-refractivity contribution >= 4 is 16.9 Å². The van der Waals surface area contributed by atoms with Gasteiger partial charge in [-0.25, -0.2) is 14.4 Å². The van der Waals surface area contributed by atoms with Gasteiger partial charge in [0.1, 0.15) is 17.1 Å². The van der Waals surface area contributed by atoms with Crippen molar-refractivity contribution in [2.24, 2.45) is 0 Å². The van der Waals surface area contributed by atoms with Gasteiger partial charge in [0.15, 0.2) is 5.76 Å². The van der Waals surface area contributed by atoms with Crippen molar-refractivity contribution in [2.75, 3.05) is 11.9 Å². The van der Waals surface area contributed by atoms with Crippen LogP contribution < -0.4 is 5.32 Å². The minimum absolute atomic E-state index is 0.280. The molecule has 0 radical (unpaired) electrons. The standard InChI is InChI=1S/C15H14FN3O/c1-2-6-17-15-18-7-5-12(19-15)14-9-10-8-11(16)3-4-13(10)20-14/h3-5,7-9H,2,6H2,1H3,(H,17,18,19). The SMILES string of the molecule is CCCNc1nccc(-c2cc3cc(F)ccc3o2)n1. The third kappa shape index (κ3) is 2.47. The first-order chi connectivity index (χ1) is 9.76. The second-order valence-corrected chi connectivity index (χ2v) is 4.49. The van der Waals surface area contributed by atoms with E-state index in [1.807, 2.05) is 0 Å². The smallest absolute Gasteiger partial charge is 0.223 e. The van der Waals surface area contributed by atoms with E-state index in [0.717, 1.165) is 18.4 Å². The highest BCUT2D eigenvalue weighted by Gasteiger charge is 2.09. The quantitative estimate of drug-likeness (QED) is 0.783. The molecule has 0 atom stereocenters. The third-order valence-corrected chi connectivity index (χ3v) is 2.92. The number of halogens is 1. The van der Waals surface area contributed by atoms with Gasteiger partial charge in [0.05, 0.1) is 0 Å². The molecule has 20 heavy (non-hydrogen) atoms. The average molecular weight is 271 g/mol. The van der Waals surface area contributed by atoms with Crippen molar-refractivity contribution in [1.29, 1.82) is 0 Å². The predicted molar refractivity (Wildman–Crippen MR) is 76.0 cm³/mol. The second-order valence-electron chi connectivity index (χ2n) is 4.49. The van der Waals surface area contributed by atoms with Gasteiger partial charge in [0.25, 0.3) is 0 Å². The normalized spacial score (nSPS) is 10.9. The highest BCUT2D eigenvalue weighted by atomic mass is 19.1. The van der Waals surface area contributed by atoms with Gasteiger partial charge in [-0.3, -0.25) is 0 Å². The maximum Gasteiger partial charge on any atom is 0.223 e. The summed E-state index contributed by atoms with van der Waals surface area (Å²) in [6.45, 7) is 2.89. The molecule has 0 fully saturated rings. The lowest BCUT2D eigenvalue weighted by Gasteiger charge is -2.03. The molecule has 2 aromatic heterocycles. The van der Waals surface area contributed by atoms with Crippen molar-refractivity contribution in [3.05, 3.63) is 42.3 Å². The Morgan fingerprint density at radius 3 is 3.00 bits per heavy atom. The predicted octanol–water partition coefficient (Wildman–Crippen LogP) is 3.85. The summed E-state index contributed by atoms with van der Waals surface area (Å²) < 4.78 is 18.9. The van der Waals surface area contributed by atoms with Crippen LogP contribution in [0.2, 0.25) is 0 Å². The Labute approximate surface area is 115 Å². The molecule has 5 heteroatoms. The zero-order valence-corrected chi connectivity index (χ0v) is 11.1. The fourth-order valence-electron chi connectivity index (χ4n) is 1.96. The molecule has 0 unspecified atom stereocenters. The number of benzene rings is 1. The van der Waals surface area contributed by atoms with Crippen LogP contribution in [0.15, 0.2) is 40.9 Å². The summed E-state index contributed by atoms with van der Waals surface area (Å²) in [5.74, 6) is 0.890. The average Bonchev–Trinajstić information content (AvgIpc) is 2.88. The zero-order valence-electron chi connectivity index (χ0n) is 11.1. The highest BCUT2D eigenvalue weighted by molar-refractivity contribution is 5.82. The molecule has 102 valence electrons. The Morgan fingerprint density at radius 2 is 2.15 bits per heavy atom. The topological polar surface area (TPSA) is 51.0 Å². The molecule has 2 heterocycles. The Kier molecular flexibility index (Phi) is 3.33. The van der Waals surface area contributed by atoms with Crippen LogP contribution in [0.4, 0.5) is 10.3 Å². The number of hydrogen-bond acceptors (Lipinski definition) is 4. The summed E-state index contributed by atoms with van der Waals surface area (Å²) in [6, 6.07) is 7.99. The van der Waals surface area contributed by atoms with Gasteiger partial charge in [0, 0.05) is 18.1 Å². The maximum atomic E-state index is 13.2. The number of fused-ring (bicyclic) bond motifs is 1. The summed E-state index contributed by atoms with van der Waals surface area (Å²) in [5.41, 5.74) is 1.32. The van der Waals surface area contributed by atoms with E-state index in [0.29, 0.717) is 23.0 Å². The van der Waals surface area contributed by atoms with Crippen LogP contribution in [0.5, 0.6) is 0 Å². The van der Waals surface area contributed by atoms with Gasteiger partial charge in [-0.15, -0.1) is 0 Å². The third-order valence-electron chi connectivity index (χ3n) is 2.92. The molecule has 3 rings (SSSR count). The van der Waals surface area contributed by atoms with Crippen LogP contribution in [-0.4, -0.2) is 16.5 Å². The van der Waals surface area contributed by atoms with Crippen LogP contribution in [0.1, 0.15) is 13.3 Å². The minimum atomic E-state index is -0.280. The lowest BCUT2D eigenvalue weighted by Crippen LogP contribution is -2.04. The van der Waals surface area contributed by atoms with Crippen molar-refractivity contribution in [3.8, 4) is 11.5 Å². The maximum absolute atomic E-state index is 13.2.